The lowest BCUT2D eigenvalue weighted by molar-refractivity contribution is 0.0952. The van der Waals surface area contributed by atoms with Gasteiger partial charge in [-0.3, -0.25) is 9.10 Å². The number of benzene rings is 2. The van der Waals surface area contributed by atoms with Crippen LogP contribution >= 0.6 is 0 Å². The van der Waals surface area contributed by atoms with Gasteiger partial charge in [-0.25, -0.2) is 8.42 Å². The van der Waals surface area contributed by atoms with E-state index >= 15 is 0 Å². The Morgan fingerprint density at radius 2 is 1.81 bits per heavy atom. The van der Waals surface area contributed by atoms with Crippen LogP contribution in [0.5, 0.6) is 0 Å². The molecular formula is C21H28N2O3S. The van der Waals surface area contributed by atoms with Crippen molar-refractivity contribution in [1.29, 1.82) is 0 Å². The highest BCUT2D eigenvalue weighted by Crippen LogP contribution is 2.24. The standard InChI is InChI=1S/C21H28N2O3S/c1-5-23(19-10-6-8-17(4)14-19)27(25,26)20-11-7-9-18(15-20)21(24)22-13-12-16(2)3/h6-11,14-16H,5,12-13H2,1-4H3,(H,22,24). The third-order valence-electron chi connectivity index (χ3n) is 4.27. The molecule has 0 saturated carbocycles. The van der Waals surface area contributed by atoms with Gasteiger partial charge in [-0.05, 0) is 62.1 Å². The van der Waals surface area contributed by atoms with Crippen molar-refractivity contribution in [2.24, 2.45) is 5.92 Å². The van der Waals surface area contributed by atoms with Crippen LogP contribution in [0.3, 0.4) is 0 Å². The minimum atomic E-state index is -3.76. The molecule has 0 saturated heterocycles. The van der Waals surface area contributed by atoms with Crippen LogP contribution in [-0.2, 0) is 10.0 Å². The maximum absolute atomic E-state index is 13.1. The zero-order valence-corrected chi connectivity index (χ0v) is 17.2. The van der Waals surface area contributed by atoms with E-state index in [1.54, 1.807) is 25.1 Å². The Morgan fingerprint density at radius 3 is 2.44 bits per heavy atom. The van der Waals surface area contributed by atoms with E-state index in [0.29, 0.717) is 30.3 Å². The molecule has 0 spiro atoms. The van der Waals surface area contributed by atoms with Gasteiger partial charge in [-0.1, -0.05) is 32.0 Å². The Bertz CT molecular complexity index is 892. The van der Waals surface area contributed by atoms with Gasteiger partial charge in [0, 0.05) is 18.7 Å². The first-order chi connectivity index (χ1) is 12.8. The lowest BCUT2D eigenvalue weighted by Gasteiger charge is -2.23. The Balaban J connectivity index is 2.29. The number of rotatable bonds is 8. The molecule has 146 valence electrons. The average Bonchev–Trinajstić information content (AvgIpc) is 2.62. The van der Waals surface area contributed by atoms with Crippen LogP contribution in [0.25, 0.3) is 0 Å². The minimum absolute atomic E-state index is 0.113. The van der Waals surface area contributed by atoms with Gasteiger partial charge < -0.3 is 5.32 Å². The van der Waals surface area contributed by atoms with Crippen molar-refractivity contribution in [1.82, 2.24) is 5.32 Å². The van der Waals surface area contributed by atoms with E-state index in [1.165, 1.54) is 16.4 Å². The minimum Gasteiger partial charge on any atom is -0.352 e. The third kappa shape index (κ3) is 5.32. The highest BCUT2D eigenvalue weighted by molar-refractivity contribution is 7.92. The summed E-state index contributed by atoms with van der Waals surface area (Å²) in [5.74, 6) is 0.232. The molecule has 0 atom stereocenters. The Labute approximate surface area is 162 Å². The number of hydrogen-bond acceptors (Lipinski definition) is 3. The molecule has 0 unspecified atom stereocenters. The largest absolute Gasteiger partial charge is 0.352 e. The van der Waals surface area contributed by atoms with Crippen LogP contribution in [0.4, 0.5) is 5.69 Å². The van der Waals surface area contributed by atoms with Crippen LogP contribution in [0.1, 0.15) is 43.1 Å². The molecule has 0 heterocycles. The molecule has 5 nitrogen and oxygen atoms in total. The van der Waals surface area contributed by atoms with Crippen molar-refractivity contribution in [3.05, 3.63) is 59.7 Å². The van der Waals surface area contributed by atoms with Gasteiger partial charge in [-0.15, -0.1) is 0 Å². The lowest BCUT2D eigenvalue weighted by Crippen LogP contribution is -2.31. The fraction of sp³-hybridized carbons (Fsp3) is 0.381. The van der Waals surface area contributed by atoms with E-state index in [4.69, 9.17) is 0 Å². The molecule has 0 aromatic heterocycles. The van der Waals surface area contributed by atoms with Crippen LogP contribution in [0.15, 0.2) is 53.4 Å². The van der Waals surface area contributed by atoms with E-state index in [0.717, 1.165) is 12.0 Å². The number of hydrogen-bond donors (Lipinski definition) is 1. The SMILES string of the molecule is CCN(c1cccc(C)c1)S(=O)(=O)c1cccc(C(=O)NCCC(C)C)c1. The Kier molecular flexibility index (Phi) is 7.02. The van der Waals surface area contributed by atoms with Gasteiger partial charge in [0.1, 0.15) is 0 Å². The van der Waals surface area contributed by atoms with Crippen molar-refractivity contribution in [3.63, 3.8) is 0 Å². The fourth-order valence-electron chi connectivity index (χ4n) is 2.78. The monoisotopic (exact) mass is 388 g/mol. The summed E-state index contributed by atoms with van der Waals surface area (Å²) in [5.41, 5.74) is 1.95. The number of nitrogens with zero attached hydrogens (tertiary/aromatic N) is 1. The summed E-state index contributed by atoms with van der Waals surface area (Å²) < 4.78 is 27.7. The first kappa shape index (κ1) is 21.0. The van der Waals surface area contributed by atoms with E-state index < -0.39 is 10.0 Å². The van der Waals surface area contributed by atoms with Gasteiger partial charge in [0.05, 0.1) is 10.6 Å². The zero-order valence-electron chi connectivity index (χ0n) is 16.4. The summed E-state index contributed by atoms with van der Waals surface area (Å²) in [4.78, 5) is 12.5. The van der Waals surface area contributed by atoms with E-state index in [-0.39, 0.29) is 10.8 Å². The molecule has 6 heteroatoms. The summed E-state index contributed by atoms with van der Waals surface area (Å²) in [6.45, 7) is 8.76. The number of anilines is 1. The van der Waals surface area contributed by atoms with Crippen LogP contribution < -0.4 is 9.62 Å². The number of amides is 1. The summed E-state index contributed by atoms with van der Waals surface area (Å²) >= 11 is 0. The summed E-state index contributed by atoms with van der Waals surface area (Å²) in [7, 11) is -3.76. The molecule has 0 aliphatic rings. The molecule has 0 aliphatic heterocycles. The maximum atomic E-state index is 13.1. The molecule has 27 heavy (non-hydrogen) atoms. The van der Waals surface area contributed by atoms with E-state index in [1.807, 2.05) is 25.1 Å². The van der Waals surface area contributed by atoms with Crippen LogP contribution in [0, 0.1) is 12.8 Å². The van der Waals surface area contributed by atoms with Crippen molar-refractivity contribution in [3.8, 4) is 0 Å². The second-order valence-corrected chi connectivity index (χ2v) is 8.84. The topological polar surface area (TPSA) is 66.5 Å². The van der Waals surface area contributed by atoms with Crippen molar-refractivity contribution in [2.45, 2.75) is 39.0 Å². The molecule has 2 aromatic carbocycles. The Hall–Kier alpha value is -2.34. The third-order valence-corrected chi connectivity index (χ3v) is 6.17. The summed E-state index contributed by atoms with van der Waals surface area (Å²) in [6.07, 6.45) is 0.876. The number of aryl methyl sites for hydroxylation is 1. The lowest BCUT2D eigenvalue weighted by atomic mass is 10.1. The molecule has 0 bridgehead atoms. The fourth-order valence-corrected chi connectivity index (χ4v) is 4.29. The maximum Gasteiger partial charge on any atom is 0.264 e. The van der Waals surface area contributed by atoms with Crippen molar-refractivity contribution < 1.29 is 13.2 Å². The van der Waals surface area contributed by atoms with Crippen LogP contribution in [0.2, 0.25) is 0 Å². The summed E-state index contributed by atoms with van der Waals surface area (Å²) in [6, 6.07) is 13.6. The van der Waals surface area contributed by atoms with Gasteiger partial charge in [0.25, 0.3) is 15.9 Å². The van der Waals surface area contributed by atoms with Gasteiger partial charge >= 0.3 is 0 Å². The van der Waals surface area contributed by atoms with Crippen molar-refractivity contribution >= 4 is 21.6 Å². The van der Waals surface area contributed by atoms with Gasteiger partial charge in [-0.2, -0.15) is 0 Å². The molecule has 1 N–H and O–H groups in total. The second-order valence-electron chi connectivity index (χ2n) is 6.98. The van der Waals surface area contributed by atoms with Crippen molar-refractivity contribution in [2.75, 3.05) is 17.4 Å². The van der Waals surface area contributed by atoms with E-state index in [9.17, 15) is 13.2 Å². The molecule has 1 amide bonds. The Morgan fingerprint density at radius 1 is 1.11 bits per heavy atom. The van der Waals surface area contributed by atoms with Crippen LogP contribution in [-0.4, -0.2) is 27.4 Å². The molecule has 2 rings (SSSR count). The van der Waals surface area contributed by atoms with Gasteiger partial charge in [0.15, 0.2) is 0 Å². The molecule has 0 aliphatic carbocycles. The highest BCUT2D eigenvalue weighted by atomic mass is 32.2. The first-order valence-electron chi connectivity index (χ1n) is 9.23. The number of carbonyl (C=O) groups excluding carboxylic acids is 1. The normalized spacial score (nSPS) is 11.4. The predicted octanol–water partition coefficient (Wildman–Crippen LogP) is 3.99. The number of carbonyl (C=O) groups is 1. The quantitative estimate of drug-likeness (QED) is 0.744. The molecule has 0 fully saturated rings. The second kappa shape index (κ2) is 9.04. The number of nitrogens with one attached hydrogen (secondary N) is 1. The smallest absolute Gasteiger partial charge is 0.264 e. The molecular weight excluding hydrogens is 360 g/mol. The van der Waals surface area contributed by atoms with Gasteiger partial charge in [0.2, 0.25) is 0 Å². The first-order valence-corrected chi connectivity index (χ1v) is 10.7. The van der Waals surface area contributed by atoms with E-state index in [2.05, 4.69) is 19.2 Å². The number of sulfonamides is 1. The molecule has 0 radical (unpaired) electrons. The zero-order chi connectivity index (χ0) is 20.0. The molecule has 2 aromatic rings. The predicted molar refractivity (Wildman–Crippen MR) is 110 cm³/mol. The summed E-state index contributed by atoms with van der Waals surface area (Å²) in [5, 5.41) is 2.84. The highest BCUT2D eigenvalue weighted by Gasteiger charge is 2.24. The average molecular weight is 389 g/mol.